The van der Waals surface area contributed by atoms with E-state index in [9.17, 15) is 0 Å². The maximum absolute atomic E-state index is 6.12. The molecule has 4 nitrogen and oxygen atoms in total. The van der Waals surface area contributed by atoms with Crippen LogP contribution < -0.4 is 15.4 Å². The Morgan fingerprint density at radius 3 is 2.60 bits per heavy atom. The molecule has 0 atom stereocenters. The van der Waals surface area contributed by atoms with E-state index < -0.39 is 0 Å². The third-order valence-electron chi connectivity index (χ3n) is 2.76. The summed E-state index contributed by atoms with van der Waals surface area (Å²) in [6.45, 7) is 0.592. The Morgan fingerprint density at radius 2 is 1.90 bits per heavy atom. The van der Waals surface area contributed by atoms with Crippen molar-refractivity contribution in [3.63, 3.8) is 0 Å². The molecule has 2 rings (SSSR count). The molecule has 0 bridgehead atoms. The lowest BCUT2D eigenvalue weighted by Crippen LogP contribution is -2.04. The molecule has 0 amide bonds. The molecular formula is C14H15Cl2N3O. The summed E-state index contributed by atoms with van der Waals surface area (Å²) in [5, 5.41) is 7.08. The minimum Gasteiger partial charge on any atom is -0.497 e. The fourth-order valence-electron chi connectivity index (χ4n) is 1.73. The van der Waals surface area contributed by atoms with Gasteiger partial charge >= 0.3 is 0 Å². The fourth-order valence-corrected chi connectivity index (χ4v) is 2.25. The van der Waals surface area contributed by atoms with Crippen molar-refractivity contribution in [2.24, 2.45) is 0 Å². The molecule has 20 heavy (non-hydrogen) atoms. The maximum Gasteiger partial charge on any atom is 0.147 e. The summed E-state index contributed by atoms with van der Waals surface area (Å²) in [5.74, 6) is 1.99. The highest BCUT2D eigenvalue weighted by Gasteiger charge is 2.08. The third kappa shape index (κ3) is 3.46. The highest BCUT2D eigenvalue weighted by atomic mass is 35.5. The maximum atomic E-state index is 6.12. The van der Waals surface area contributed by atoms with E-state index in [1.807, 2.05) is 24.3 Å². The molecule has 106 valence electrons. The minimum absolute atomic E-state index is 0.483. The van der Waals surface area contributed by atoms with Crippen molar-refractivity contribution in [1.29, 1.82) is 0 Å². The van der Waals surface area contributed by atoms with Gasteiger partial charge in [0.05, 0.1) is 17.2 Å². The van der Waals surface area contributed by atoms with E-state index in [0.717, 1.165) is 11.3 Å². The van der Waals surface area contributed by atoms with Crippen LogP contribution in [0.15, 0.2) is 30.3 Å². The second kappa shape index (κ2) is 6.68. The van der Waals surface area contributed by atoms with Crippen LogP contribution in [0.1, 0.15) is 5.56 Å². The van der Waals surface area contributed by atoms with Gasteiger partial charge in [-0.3, -0.25) is 0 Å². The second-order valence-corrected chi connectivity index (χ2v) is 4.92. The average Bonchev–Trinajstić information content (AvgIpc) is 2.46. The van der Waals surface area contributed by atoms with Gasteiger partial charge < -0.3 is 15.4 Å². The first-order chi connectivity index (χ1) is 9.63. The minimum atomic E-state index is 0.483. The Balaban J connectivity index is 2.14. The molecule has 0 spiro atoms. The van der Waals surface area contributed by atoms with Crippen LogP contribution in [-0.4, -0.2) is 19.1 Å². The van der Waals surface area contributed by atoms with Gasteiger partial charge in [0.25, 0.3) is 0 Å². The third-order valence-corrected chi connectivity index (χ3v) is 3.34. The smallest absolute Gasteiger partial charge is 0.147 e. The van der Waals surface area contributed by atoms with Crippen molar-refractivity contribution in [3.05, 3.63) is 45.9 Å². The van der Waals surface area contributed by atoms with Gasteiger partial charge in [-0.15, -0.1) is 0 Å². The molecular weight excluding hydrogens is 297 g/mol. The van der Waals surface area contributed by atoms with E-state index in [1.165, 1.54) is 0 Å². The monoisotopic (exact) mass is 311 g/mol. The topological polar surface area (TPSA) is 46.2 Å². The predicted molar refractivity (Wildman–Crippen MR) is 84.1 cm³/mol. The zero-order chi connectivity index (χ0) is 14.5. The van der Waals surface area contributed by atoms with Crippen molar-refractivity contribution >= 4 is 34.8 Å². The number of methoxy groups -OCH3 is 1. The number of nitrogens with one attached hydrogen (secondary N) is 2. The van der Waals surface area contributed by atoms with Gasteiger partial charge in [0, 0.05) is 13.6 Å². The molecule has 2 aromatic rings. The normalized spacial score (nSPS) is 10.2. The van der Waals surface area contributed by atoms with Crippen LogP contribution in [0, 0.1) is 0 Å². The SMILES string of the molecule is CNc1nc(NCc2cccc(OC)c2)c(Cl)cc1Cl. The quantitative estimate of drug-likeness (QED) is 0.874. The van der Waals surface area contributed by atoms with Crippen LogP contribution in [-0.2, 0) is 6.54 Å². The lowest BCUT2D eigenvalue weighted by Gasteiger charge is -2.11. The number of pyridine rings is 1. The summed E-state index contributed by atoms with van der Waals surface area (Å²) in [4.78, 5) is 4.33. The van der Waals surface area contributed by atoms with E-state index in [2.05, 4.69) is 15.6 Å². The fraction of sp³-hybridized carbons (Fsp3) is 0.214. The van der Waals surface area contributed by atoms with Crippen LogP contribution in [0.2, 0.25) is 10.0 Å². The Kier molecular flexibility index (Phi) is 4.93. The summed E-state index contributed by atoms with van der Waals surface area (Å²) >= 11 is 12.1. The first-order valence-corrected chi connectivity index (χ1v) is 6.80. The van der Waals surface area contributed by atoms with Crippen molar-refractivity contribution in [2.45, 2.75) is 6.54 Å². The van der Waals surface area contributed by atoms with Crippen molar-refractivity contribution in [2.75, 3.05) is 24.8 Å². The Labute approximate surface area is 128 Å². The number of halogens is 2. The number of anilines is 2. The highest BCUT2D eigenvalue weighted by Crippen LogP contribution is 2.29. The molecule has 0 unspecified atom stereocenters. The molecule has 6 heteroatoms. The zero-order valence-electron chi connectivity index (χ0n) is 11.2. The van der Waals surface area contributed by atoms with Gasteiger partial charge in [-0.2, -0.15) is 0 Å². The van der Waals surface area contributed by atoms with Crippen molar-refractivity contribution < 1.29 is 4.74 Å². The van der Waals surface area contributed by atoms with Crippen LogP contribution in [0.25, 0.3) is 0 Å². The van der Waals surface area contributed by atoms with Gasteiger partial charge in [0.1, 0.15) is 17.4 Å². The molecule has 1 heterocycles. The Morgan fingerprint density at radius 1 is 1.15 bits per heavy atom. The van der Waals surface area contributed by atoms with Crippen molar-refractivity contribution in [1.82, 2.24) is 4.98 Å². The summed E-state index contributed by atoms with van der Waals surface area (Å²) in [7, 11) is 3.40. The number of rotatable bonds is 5. The number of benzene rings is 1. The molecule has 0 saturated heterocycles. The largest absolute Gasteiger partial charge is 0.497 e. The van der Waals surface area contributed by atoms with Gasteiger partial charge in [0.15, 0.2) is 0 Å². The lowest BCUT2D eigenvalue weighted by atomic mass is 10.2. The molecule has 0 aliphatic carbocycles. The molecule has 1 aromatic heterocycles. The summed E-state index contributed by atoms with van der Waals surface area (Å²) < 4.78 is 5.19. The molecule has 1 aromatic carbocycles. The number of nitrogens with zero attached hydrogens (tertiary/aromatic N) is 1. The van der Waals surface area contributed by atoms with Gasteiger partial charge in [-0.25, -0.2) is 4.98 Å². The number of aromatic nitrogens is 1. The summed E-state index contributed by atoms with van der Waals surface area (Å²) in [6, 6.07) is 9.45. The number of hydrogen-bond acceptors (Lipinski definition) is 4. The molecule has 0 saturated carbocycles. The first-order valence-electron chi connectivity index (χ1n) is 6.04. The highest BCUT2D eigenvalue weighted by molar-refractivity contribution is 6.37. The second-order valence-electron chi connectivity index (χ2n) is 4.10. The number of hydrogen-bond donors (Lipinski definition) is 2. The van der Waals surface area contributed by atoms with Gasteiger partial charge in [-0.1, -0.05) is 35.3 Å². The molecule has 0 aliphatic heterocycles. The Bertz CT molecular complexity index is 605. The molecule has 0 aliphatic rings. The first kappa shape index (κ1) is 14.8. The van der Waals surface area contributed by atoms with E-state index in [4.69, 9.17) is 27.9 Å². The number of ether oxygens (including phenoxy) is 1. The predicted octanol–water partition coefficient (Wildman–Crippen LogP) is 4.05. The van der Waals surface area contributed by atoms with E-state index in [0.29, 0.717) is 28.2 Å². The van der Waals surface area contributed by atoms with Crippen LogP contribution in [0.4, 0.5) is 11.6 Å². The van der Waals surface area contributed by atoms with Crippen LogP contribution in [0.3, 0.4) is 0 Å². The van der Waals surface area contributed by atoms with E-state index in [1.54, 1.807) is 20.2 Å². The molecule has 0 fully saturated rings. The lowest BCUT2D eigenvalue weighted by molar-refractivity contribution is 0.414. The van der Waals surface area contributed by atoms with Gasteiger partial charge in [0.2, 0.25) is 0 Å². The summed E-state index contributed by atoms with van der Waals surface area (Å²) in [6.07, 6.45) is 0. The molecule has 2 N–H and O–H groups in total. The molecule has 0 radical (unpaired) electrons. The average molecular weight is 312 g/mol. The standard InChI is InChI=1S/C14H15Cl2N3O/c1-17-13-11(15)7-12(16)14(19-13)18-8-9-4-3-5-10(6-9)20-2/h3-7H,8H2,1-2H3,(H2,17,18,19). The van der Waals surface area contributed by atoms with Crippen molar-refractivity contribution in [3.8, 4) is 5.75 Å². The van der Waals surface area contributed by atoms with E-state index in [-0.39, 0.29) is 0 Å². The van der Waals surface area contributed by atoms with Crippen LogP contribution >= 0.6 is 23.2 Å². The van der Waals surface area contributed by atoms with Gasteiger partial charge in [-0.05, 0) is 23.8 Å². The van der Waals surface area contributed by atoms with Crippen LogP contribution in [0.5, 0.6) is 5.75 Å². The summed E-state index contributed by atoms with van der Waals surface area (Å²) in [5.41, 5.74) is 1.07. The zero-order valence-corrected chi connectivity index (χ0v) is 12.7. The van der Waals surface area contributed by atoms with E-state index >= 15 is 0 Å². The Hall–Kier alpha value is -1.65.